The molecule has 1 aromatic rings. The van der Waals surface area contributed by atoms with Crippen molar-refractivity contribution >= 4 is 11.8 Å². The molecule has 1 aliphatic carbocycles. The number of piperidine rings is 1. The molecule has 8 nitrogen and oxygen atoms in total. The summed E-state index contributed by atoms with van der Waals surface area (Å²) >= 11 is 0. The molecular formula is C18H27N5O3. The Morgan fingerprint density at radius 2 is 1.96 bits per heavy atom. The molecule has 0 unspecified atom stereocenters. The van der Waals surface area contributed by atoms with E-state index in [1.807, 2.05) is 4.90 Å². The number of carbonyl (C=O) groups is 2. The number of nitrogens with one attached hydrogen (secondary N) is 2. The highest BCUT2D eigenvalue weighted by Crippen LogP contribution is 2.38. The zero-order chi connectivity index (χ0) is 17.9. The molecule has 8 heteroatoms. The van der Waals surface area contributed by atoms with Gasteiger partial charge in [0.2, 0.25) is 17.7 Å². The van der Waals surface area contributed by atoms with E-state index in [4.69, 9.17) is 4.52 Å². The third kappa shape index (κ3) is 4.06. The molecule has 1 aromatic heterocycles. The molecule has 26 heavy (non-hydrogen) atoms. The van der Waals surface area contributed by atoms with Gasteiger partial charge in [0.1, 0.15) is 0 Å². The Morgan fingerprint density at radius 1 is 1.19 bits per heavy atom. The number of carbonyl (C=O) groups excluding carboxylic acids is 2. The maximum Gasteiger partial charge on any atom is 0.228 e. The lowest BCUT2D eigenvalue weighted by Crippen LogP contribution is -2.49. The Morgan fingerprint density at radius 3 is 2.73 bits per heavy atom. The van der Waals surface area contributed by atoms with E-state index >= 15 is 0 Å². The predicted molar refractivity (Wildman–Crippen MR) is 93.3 cm³/mol. The van der Waals surface area contributed by atoms with Crippen LogP contribution in [0.5, 0.6) is 0 Å². The van der Waals surface area contributed by atoms with Crippen molar-refractivity contribution < 1.29 is 14.1 Å². The van der Waals surface area contributed by atoms with Crippen molar-refractivity contribution in [3.8, 4) is 0 Å². The zero-order valence-corrected chi connectivity index (χ0v) is 15.1. The Kier molecular flexibility index (Phi) is 5.19. The predicted octanol–water partition coefficient (Wildman–Crippen LogP) is 0.454. The van der Waals surface area contributed by atoms with Crippen LogP contribution in [0.15, 0.2) is 4.52 Å². The average molecular weight is 361 g/mol. The molecular weight excluding hydrogens is 334 g/mol. The highest BCUT2D eigenvalue weighted by atomic mass is 16.5. The van der Waals surface area contributed by atoms with E-state index in [0.717, 1.165) is 44.6 Å². The van der Waals surface area contributed by atoms with Gasteiger partial charge < -0.3 is 20.1 Å². The van der Waals surface area contributed by atoms with Crippen LogP contribution in [-0.2, 0) is 16.0 Å². The van der Waals surface area contributed by atoms with E-state index in [1.54, 1.807) is 0 Å². The molecule has 2 saturated heterocycles. The van der Waals surface area contributed by atoms with Crippen LogP contribution < -0.4 is 10.6 Å². The third-order valence-electron chi connectivity index (χ3n) is 5.55. The van der Waals surface area contributed by atoms with Gasteiger partial charge in [0.15, 0.2) is 5.82 Å². The van der Waals surface area contributed by atoms with E-state index in [2.05, 4.69) is 20.8 Å². The van der Waals surface area contributed by atoms with Crippen molar-refractivity contribution in [1.82, 2.24) is 25.7 Å². The van der Waals surface area contributed by atoms with Crippen LogP contribution >= 0.6 is 0 Å². The summed E-state index contributed by atoms with van der Waals surface area (Å²) < 4.78 is 5.22. The second-order valence-corrected chi connectivity index (χ2v) is 7.68. The van der Waals surface area contributed by atoms with E-state index in [0.29, 0.717) is 44.3 Å². The standard InChI is InChI=1S/C18H27N5O3/c24-17(20-6-5-15-21-16(22-26-15)12-3-4-12)13-9-14(11-19-10-13)18(25)23-7-1-2-8-23/h12-14,19H,1-11H2,(H,20,24)/t13-,14-/m0/s1. The molecule has 1 saturated carbocycles. The van der Waals surface area contributed by atoms with E-state index in [1.165, 1.54) is 0 Å². The number of hydrogen-bond acceptors (Lipinski definition) is 6. The second kappa shape index (κ2) is 7.73. The molecule has 2 atom stereocenters. The summed E-state index contributed by atoms with van der Waals surface area (Å²) in [4.78, 5) is 31.3. The Balaban J connectivity index is 1.22. The quantitative estimate of drug-likeness (QED) is 0.763. The van der Waals surface area contributed by atoms with Crippen molar-refractivity contribution in [2.75, 3.05) is 32.7 Å². The van der Waals surface area contributed by atoms with Crippen molar-refractivity contribution in [3.63, 3.8) is 0 Å². The van der Waals surface area contributed by atoms with Gasteiger partial charge in [-0.3, -0.25) is 9.59 Å². The topological polar surface area (TPSA) is 100 Å². The monoisotopic (exact) mass is 361 g/mol. The fourth-order valence-corrected chi connectivity index (χ4v) is 3.84. The fraction of sp³-hybridized carbons (Fsp3) is 0.778. The highest BCUT2D eigenvalue weighted by Gasteiger charge is 2.34. The highest BCUT2D eigenvalue weighted by molar-refractivity contribution is 5.83. The summed E-state index contributed by atoms with van der Waals surface area (Å²) in [6, 6.07) is 0. The van der Waals surface area contributed by atoms with Crippen LogP contribution in [0.25, 0.3) is 0 Å². The lowest BCUT2D eigenvalue weighted by molar-refractivity contribution is -0.136. The lowest BCUT2D eigenvalue weighted by atomic mass is 9.89. The summed E-state index contributed by atoms with van der Waals surface area (Å²) in [6.07, 6.45) is 5.63. The van der Waals surface area contributed by atoms with Gasteiger partial charge in [0.05, 0.1) is 11.8 Å². The second-order valence-electron chi connectivity index (χ2n) is 7.68. The summed E-state index contributed by atoms with van der Waals surface area (Å²) in [6.45, 7) is 3.50. The molecule has 3 heterocycles. The summed E-state index contributed by atoms with van der Waals surface area (Å²) in [5.41, 5.74) is 0. The number of likely N-dealkylation sites (tertiary alicyclic amines) is 1. The molecule has 0 spiro atoms. The zero-order valence-electron chi connectivity index (χ0n) is 15.1. The summed E-state index contributed by atoms with van der Waals surface area (Å²) in [5, 5.41) is 10.2. The summed E-state index contributed by atoms with van der Waals surface area (Å²) in [5.74, 6) is 1.80. The molecule has 3 aliphatic rings. The van der Waals surface area contributed by atoms with Crippen molar-refractivity contribution in [2.24, 2.45) is 11.8 Å². The molecule has 0 aromatic carbocycles. The van der Waals surface area contributed by atoms with Gasteiger partial charge in [0, 0.05) is 45.1 Å². The van der Waals surface area contributed by atoms with E-state index < -0.39 is 0 Å². The first-order valence-corrected chi connectivity index (χ1v) is 9.80. The number of hydrogen-bond donors (Lipinski definition) is 2. The molecule has 0 radical (unpaired) electrons. The maximum absolute atomic E-state index is 12.6. The number of nitrogens with zero attached hydrogens (tertiary/aromatic N) is 3. The maximum atomic E-state index is 12.6. The van der Waals surface area contributed by atoms with Gasteiger partial charge in [-0.1, -0.05) is 5.16 Å². The minimum absolute atomic E-state index is 0.00152. The van der Waals surface area contributed by atoms with Crippen LogP contribution in [0.4, 0.5) is 0 Å². The minimum atomic E-state index is -0.162. The average Bonchev–Trinajstić information content (AvgIpc) is 3.17. The van der Waals surface area contributed by atoms with Crippen LogP contribution in [0.1, 0.15) is 49.7 Å². The van der Waals surface area contributed by atoms with Crippen molar-refractivity contribution in [2.45, 2.75) is 44.4 Å². The van der Waals surface area contributed by atoms with Crippen molar-refractivity contribution in [3.05, 3.63) is 11.7 Å². The molecule has 142 valence electrons. The molecule has 4 rings (SSSR count). The Labute approximate surface area is 153 Å². The van der Waals surface area contributed by atoms with Crippen LogP contribution in [0, 0.1) is 11.8 Å². The molecule has 2 amide bonds. The molecule has 2 N–H and O–H groups in total. The normalized spacial score (nSPS) is 26.1. The SMILES string of the molecule is O=C(NCCc1nc(C2CC2)no1)[C@@H]1CNC[C@@H](C(=O)N2CCCC2)C1. The fourth-order valence-electron chi connectivity index (χ4n) is 3.84. The first-order valence-electron chi connectivity index (χ1n) is 9.80. The molecule has 2 aliphatic heterocycles. The van der Waals surface area contributed by atoms with Gasteiger partial charge >= 0.3 is 0 Å². The molecule has 0 bridgehead atoms. The largest absolute Gasteiger partial charge is 0.355 e. The number of amides is 2. The third-order valence-corrected chi connectivity index (χ3v) is 5.55. The van der Waals surface area contributed by atoms with E-state index in [9.17, 15) is 9.59 Å². The number of aromatic nitrogens is 2. The first kappa shape index (κ1) is 17.5. The molecule has 3 fully saturated rings. The number of rotatable bonds is 6. The van der Waals surface area contributed by atoms with Crippen molar-refractivity contribution in [1.29, 1.82) is 0 Å². The lowest BCUT2D eigenvalue weighted by Gasteiger charge is -2.31. The van der Waals surface area contributed by atoms with Gasteiger partial charge in [-0.2, -0.15) is 4.98 Å². The van der Waals surface area contributed by atoms with Gasteiger partial charge in [-0.05, 0) is 32.1 Å². The Bertz CT molecular complexity index is 651. The van der Waals surface area contributed by atoms with Gasteiger partial charge in [-0.15, -0.1) is 0 Å². The van der Waals surface area contributed by atoms with Gasteiger partial charge in [-0.25, -0.2) is 0 Å². The van der Waals surface area contributed by atoms with E-state index in [-0.39, 0.29) is 23.7 Å². The van der Waals surface area contributed by atoms with Gasteiger partial charge in [0.25, 0.3) is 0 Å². The first-order chi connectivity index (χ1) is 12.7. The minimum Gasteiger partial charge on any atom is -0.355 e. The summed E-state index contributed by atoms with van der Waals surface area (Å²) in [7, 11) is 0. The van der Waals surface area contributed by atoms with Crippen LogP contribution in [0.2, 0.25) is 0 Å². The van der Waals surface area contributed by atoms with Crippen LogP contribution in [0.3, 0.4) is 0 Å². The Hall–Kier alpha value is -1.96. The smallest absolute Gasteiger partial charge is 0.228 e. The van der Waals surface area contributed by atoms with Crippen LogP contribution in [-0.4, -0.2) is 59.6 Å².